The minimum atomic E-state index is -0.424. The van der Waals surface area contributed by atoms with Crippen LogP contribution in [0.4, 0.5) is 15.8 Å². The first kappa shape index (κ1) is 22.6. The normalized spacial score (nSPS) is 13.4. The molecule has 1 fully saturated rings. The van der Waals surface area contributed by atoms with Crippen molar-refractivity contribution in [3.63, 3.8) is 0 Å². The van der Waals surface area contributed by atoms with Crippen molar-refractivity contribution < 1.29 is 18.4 Å². The smallest absolute Gasteiger partial charge is 0.256 e. The number of piperazine rings is 1. The third-order valence-corrected chi connectivity index (χ3v) is 5.93. The molecule has 1 aliphatic rings. The van der Waals surface area contributed by atoms with Crippen molar-refractivity contribution in [1.29, 1.82) is 0 Å². The maximum atomic E-state index is 14.2. The summed E-state index contributed by atoms with van der Waals surface area (Å²) < 4.78 is 19.9. The lowest BCUT2D eigenvalue weighted by atomic mass is 10.1. The van der Waals surface area contributed by atoms with Crippen molar-refractivity contribution in [2.24, 2.45) is 0 Å². The number of carbonyl (C=O) groups is 2. The molecule has 0 bridgehead atoms. The van der Waals surface area contributed by atoms with E-state index in [1.165, 1.54) is 12.3 Å². The van der Waals surface area contributed by atoms with Gasteiger partial charge in [-0.1, -0.05) is 35.9 Å². The Morgan fingerprint density at radius 3 is 2.63 bits per heavy atom. The number of oxazole rings is 1. The molecule has 5 rings (SSSR count). The molecule has 7 nitrogen and oxygen atoms in total. The van der Waals surface area contributed by atoms with E-state index in [0.29, 0.717) is 34.9 Å². The van der Waals surface area contributed by atoms with Crippen LogP contribution in [0.1, 0.15) is 10.4 Å². The van der Waals surface area contributed by atoms with E-state index >= 15 is 0 Å². The number of anilines is 2. The second-order valence-corrected chi connectivity index (χ2v) is 8.35. The highest BCUT2D eigenvalue weighted by atomic mass is 35.5. The Bertz CT molecular complexity index is 1420. The van der Waals surface area contributed by atoms with Crippen LogP contribution >= 0.6 is 11.6 Å². The minimum absolute atomic E-state index is 0.0639. The number of benzene rings is 3. The summed E-state index contributed by atoms with van der Waals surface area (Å²) in [6.45, 7) is 1.42. The van der Waals surface area contributed by atoms with Crippen LogP contribution in [0.2, 0.25) is 5.02 Å². The zero-order valence-electron chi connectivity index (χ0n) is 18.4. The predicted octanol–water partition coefficient (Wildman–Crippen LogP) is 4.99. The average Bonchev–Trinajstić information content (AvgIpc) is 3.34. The Hall–Kier alpha value is -4.17. The van der Waals surface area contributed by atoms with Gasteiger partial charge in [0.05, 0.1) is 34.6 Å². The van der Waals surface area contributed by atoms with Gasteiger partial charge < -0.3 is 20.0 Å². The number of halogens is 2. The van der Waals surface area contributed by atoms with Gasteiger partial charge in [0.2, 0.25) is 11.8 Å². The molecule has 0 saturated carbocycles. The Balaban J connectivity index is 1.38. The van der Waals surface area contributed by atoms with E-state index in [9.17, 15) is 14.0 Å². The lowest BCUT2D eigenvalue weighted by Crippen LogP contribution is -2.47. The Kier molecular flexibility index (Phi) is 6.20. The maximum absolute atomic E-state index is 14.2. The number of amides is 2. The molecule has 1 aromatic heterocycles. The molecule has 2 N–H and O–H groups in total. The Morgan fingerprint density at radius 1 is 1.09 bits per heavy atom. The van der Waals surface area contributed by atoms with Crippen LogP contribution in [0, 0.1) is 5.82 Å². The molecule has 3 aromatic carbocycles. The zero-order chi connectivity index (χ0) is 24.4. The first-order chi connectivity index (χ1) is 17.0. The van der Waals surface area contributed by atoms with E-state index < -0.39 is 5.82 Å². The summed E-state index contributed by atoms with van der Waals surface area (Å²) in [7, 11) is 0. The van der Waals surface area contributed by atoms with Gasteiger partial charge in [0.1, 0.15) is 5.82 Å². The SMILES string of the molecule is O=C1CN(c2ccc(NC(=O)c3ccccc3-c3ncc(-c4ccccc4F)o3)cc2Cl)CCN1. The van der Waals surface area contributed by atoms with E-state index in [-0.39, 0.29) is 35.6 Å². The largest absolute Gasteiger partial charge is 0.436 e. The second-order valence-electron chi connectivity index (χ2n) is 7.95. The highest BCUT2D eigenvalue weighted by Gasteiger charge is 2.21. The van der Waals surface area contributed by atoms with Gasteiger partial charge in [-0.2, -0.15) is 0 Å². The van der Waals surface area contributed by atoms with Crippen LogP contribution < -0.4 is 15.5 Å². The fourth-order valence-corrected chi connectivity index (χ4v) is 4.24. The number of nitrogens with zero attached hydrogens (tertiary/aromatic N) is 2. The topological polar surface area (TPSA) is 87.5 Å². The van der Waals surface area contributed by atoms with Gasteiger partial charge in [-0.3, -0.25) is 9.59 Å². The highest BCUT2D eigenvalue weighted by molar-refractivity contribution is 6.33. The van der Waals surface area contributed by atoms with Crippen LogP contribution in [-0.4, -0.2) is 36.4 Å². The second kappa shape index (κ2) is 9.60. The molecular weight excluding hydrogens is 471 g/mol. The van der Waals surface area contributed by atoms with Crippen molar-refractivity contribution in [1.82, 2.24) is 10.3 Å². The molecule has 2 amide bonds. The zero-order valence-corrected chi connectivity index (χ0v) is 19.2. The molecule has 35 heavy (non-hydrogen) atoms. The quantitative estimate of drug-likeness (QED) is 0.411. The van der Waals surface area contributed by atoms with Crippen LogP contribution in [0.15, 0.2) is 77.3 Å². The molecule has 1 aliphatic heterocycles. The fourth-order valence-electron chi connectivity index (χ4n) is 3.94. The summed E-state index contributed by atoms with van der Waals surface area (Å²) in [5.74, 6) is -0.405. The number of nitrogens with one attached hydrogen (secondary N) is 2. The van der Waals surface area contributed by atoms with Gasteiger partial charge in [0.25, 0.3) is 5.91 Å². The van der Waals surface area contributed by atoms with Crippen molar-refractivity contribution in [2.45, 2.75) is 0 Å². The number of carbonyl (C=O) groups excluding carboxylic acids is 2. The molecule has 9 heteroatoms. The van der Waals surface area contributed by atoms with Crippen LogP contribution in [0.3, 0.4) is 0 Å². The lowest BCUT2D eigenvalue weighted by molar-refractivity contribution is -0.120. The minimum Gasteiger partial charge on any atom is -0.436 e. The number of hydrogen-bond donors (Lipinski definition) is 2. The Morgan fingerprint density at radius 2 is 1.86 bits per heavy atom. The van der Waals surface area contributed by atoms with E-state index in [0.717, 1.165) is 5.69 Å². The molecule has 0 aliphatic carbocycles. The molecule has 0 radical (unpaired) electrons. The van der Waals surface area contributed by atoms with Crippen molar-refractivity contribution >= 4 is 34.8 Å². The van der Waals surface area contributed by atoms with Gasteiger partial charge in [0.15, 0.2) is 5.76 Å². The van der Waals surface area contributed by atoms with E-state index in [1.807, 2.05) is 4.90 Å². The van der Waals surface area contributed by atoms with Gasteiger partial charge >= 0.3 is 0 Å². The highest BCUT2D eigenvalue weighted by Crippen LogP contribution is 2.32. The van der Waals surface area contributed by atoms with Gasteiger partial charge in [-0.05, 0) is 42.5 Å². The summed E-state index contributed by atoms with van der Waals surface area (Å²) >= 11 is 6.46. The number of aromatic nitrogens is 1. The summed E-state index contributed by atoms with van der Waals surface area (Å²) in [4.78, 5) is 31.0. The molecule has 2 heterocycles. The standard InChI is InChI=1S/C26H20ClFN4O3/c27-20-13-16(9-10-22(20)32-12-11-29-24(33)15-32)31-25(34)17-5-1-2-6-18(17)26-30-14-23(35-26)19-7-3-4-8-21(19)28/h1-10,13-14H,11-12,15H2,(H,29,33)(H,31,34). The fraction of sp³-hybridized carbons (Fsp3) is 0.115. The third kappa shape index (κ3) is 4.74. The van der Waals surface area contributed by atoms with Gasteiger partial charge in [-0.25, -0.2) is 9.37 Å². The van der Waals surface area contributed by atoms with Crippen LogP contribution in [-0.2, 0) is 4.79 Å². The van der Waals surface area contributed by atoms with Crippen molar-refractivity contribution in [3.8, 4) is 22.8 Å². The van der Waals surface area contributed by atoms with E-state index in [2.05, 4.69) is 15.6 Å². The third-order valence-electron chi connectivity index (χ3n) is 5.63. The monoisotopic (exact) mass is 490 g/mol. The molecule has 0 unspecified atom stereocenters. The van der Waals surface area contributed by atoms with E-state index in [1.54, 1.807) is 60.7 Å². The van der Waals surface area contributed by atoms with Crippen LogP contribution in [0.5, 0.6) is 0 Å². The Labute approximate surface area is 205 Å². The summed E-state index contributed by atoms with van der Waals surface area (Å²) in [6, 6.07) is 18.3. The molecule has 176 valence electrons. The first-order valence-corrected chi connectivity index (χ1v) is 11.3. The van der Waals surface area contributed by atoms with Gasteiger partial charge in [0, 0.05) is 24.3 Å². The molecular formula is C26H20ClFN4O3. The van der Waals surface area contributed by atoms with E-state index in [4.69, 9.17) is 16.0 Å². The molecule has 1 saturated heterocycles. The average molecular weight is 491 g/mol. The van der Waals surface area contributed by atoms with Crippen LogP contribution in [0.25, 0.3) is 22.8 Å². The summed E-state index contributed by atoms with van der Waals surface area (Å²) in [6.07, 6.45) is 1.43. The molecule has 4 aromatic rings. The lowest BCUT2D eigenvalue weighted by Gasteiger charge is -2.29. The number of hydrogen-bond acceptors (Lipinski definition) is 5. The maximum Gasteiger partial charge on any atom is 0.256 e. The summed E-state index contributed by atoms with van der Waals surface area (Å²) in [5.41, 5.74) is 2.31. The molecule has 0 atom stereocenters. The number of rotatable bonds is 5. The molecule has 0 spiro atoms. The summed E-state index contributed by atoms with van der Waals surface area (Å²) in [5, 5.41) is 6.05. The first-order valence-electron chi connectivity index (χ1n) is 10.9. The van der Waals surface area contributed by atoms with Gasteiger partial charge in [-0.15, -0.1) is 0 Å². The van der Waals surface area contributed by atoms with Crippen molar-refractivity contribution in [3.05, 3.63) is 89.3 Å². The van der Waals surface area contributed by atoms with Crippen molar-refractivity contribution in [2.75, 3.05) is 29.9 Å². The predicted molar refractivity (Wildman–Crippen MR) is 132 cm³/mol.